The maximum absolute atomic E-state index is 12.8. The van der Waals surface area contributed by atoms with Crippen molar-refractivity contribution in [2.45, 2.75) is 13.5 Å². The van der Waals surface area contributed by atoms with Crippen LogP contribution in [-0.2, 0) is 16.1 Å². The van der Waals surface area contributed by atoms with Crippen molar-refractivity contribution in [3.63, 3.8) is 0 Å². The maximum atomic E-state index is 12.8. The molecule has 3 rings (SSSR count). The van der Waals surface area contributed by atoms with E-state index in [1.54, 1.807) is 36.2 Å². The fraction of sp³-hybridized carbons (Fsp3) is 0.259. The Morgan fingerprint density at radius 1 is 0.912 bits per heavy atom. The summed E-state index contributed by atoms with van der Waals surface area (Å²) in [5, 5.41) is 5.95. The smallest absolute Gasteiger partial charge is 0.253 e. The molecule has 178 valence electrons. The summed E-state index contributed by atoms with van der Waals surface area (Å²) < 4.78 is 11.0. The van der Waals surface area contributed by atoms with Crippen molar-refractivity contribution >= 4 is 23.2 Å². The third-order valence-corrected chi connectivity index (χ3v) is 5.02. The van der Waals surface area contributed by atoms with Crippen LogP contribution in [0.2, 0.25) is 0 Å². The van der Waals surface area contributed by atoms with Crippen molar-refractivity contribution in [3.05, 3.63) is 90.0 Å². The number of rotatable bonds is 12. The van der Waals surface area contributed by atoms with Gasteiger partial charge in [-0.25, -0.2) is 0 Å². The van der Waals surface area contributed by atoms with Crippen LogP contribution in [-0.4, -0.2) is 50.1 Å². The van der Waals surface area contributed by atoms with Crippen LogP contribution in [0.4, 0.5) is 11.4 Å². The zero-order valence-electron chi connectivity index (χ0n) is 19.6. The number of carbonyl (C=O) groups is 2. The Morgan fingerprint density at radius 2 is 1.68 bits per heavy atom. The number of hydrogen-bond donors (Lipinski definition) is 2. The molecule has 0 spiro atoms. The molecule has 0 aliphatic rings. The normalized spacial score (nSPS) is 10.4. The summed E-state index contributed by atoms with van der Waals surface area (Å²) >= 11 is 0. The van der Waals surface area contributed by atoms with E-state index in [0.717, 1.165) is 11.3 Å². The van der Waals surface area contributed by atoms with Crippen molar-refractivity contribution in [2.75, 3.05) is 44.0 Å². The van der Waals surface area contributed by atoms with Gasteiger partial charge in [-0.05, 0) is 42.8 Å². The lowest BCUT2D eigenvalue weighted by molar-refractivity contribution is -0.114. The van der Waals surface area contributed by atoms with Gasteiger partial charge >= 0.3 is 0 Å². The topological polar surface area (TPSA) is 79.9 Å². The van der Waals surface area contributed by atoms with Crippen LogP contribution in [0.15, 0.2) is 78.9 Å². The third kappa shape index (κ3) is 7.64. The number of para-hydroxylation sites is 2. The van der Waals surface area contributed by atoms with Gasteiger partial charge in [0, 0.05) is 31.5 Å². The lowest BCUT2D eigenvalue weighted by atomic mass is 10.1. The fourth-order valence-corrected chi connectivity index (χ4v) is 3.35. The molecule has 0 saturated carbocycles. The lowest BCUT2D eigenvalue weighted by Crippen LogP contribution is -2.26. The highest BCUT2D eigenvalue weighted by atomic mass is 16.5. The number of benzene rings is 3. The Hall–Kier alpha value is -3.84. The minimum atomic E-state index is -0.230. The predicted octanol–water partition coefficient (Wildman–Crippen LogP) is 4.42. The van der Waals surface area contributed by atoms with Gasteiger partial charge in [0.25, 0.3) is 5.91 Å². The molecule has 0 aromatic heterocycles. The molecule has 34 heavy (non-hydrogen) atoms. The third-order valence-electron chi connectivity index (χ3n) is 5.02. The van der Waals surface area contributed by atoms with Crippen molar-refractivity contribution < 1.29 is 19.1 Å². The van der Waals surface area contributed by atoms with Crippen molar-refractivity contribution in [3.8, 4) is 5.75 Å². The van der Waals surface area contributed by atoms with Crippen LogP contribution in [0.1, 0.15) is 22.8 Å². The average Bonchev–Trinajstić information content (AvgIpc) is 2.86. The largest absolute Gasteiger partial charge is 0.489 e. The second kappa shape index (κ2) is 13.0. The average molecular weight is 462 g/mol. The van der Waals surface area contributed by atoms with Gasteiger partial charge in [-0.1, -0.05) is 48.5 Å². The summed E-state index contributed by atoms with van der Waals surface area (Å²) in [6, 6.07) is 24.2. The summed E-state index contributed by atoms with van der Waals surface area (Å²) in [4.78, 5) is 27.0. The Kier molecular flexibility index (Phi) is 9.49. The zero-order valence-corrected chi connectivity index (χ0v) is 19.6. The van der Waals surface area contributed by atoms with E-state index < -0.39 is 0 Å². The van der Waals surface area contributed by atoms with Gasteiger partial charge in [0.1, 0.15) is 12.4 Å². The molecule has 7 heteroatoms. The standard InChI is InChI=1S/C27H31N3O4/c1-3-33-16-17-34-25-15-8-7-14-24(25)28-19-26(31)29-23-13-9-12-22(18-23)27(32)30(2)20-21-10-5-4-6-11-21/h4-15,18,28H,3,16-17,19-20H2,1-2H3,(H,29,31). The lowest BCUT2D eigenvalue weighted by Gasteiger charge is -2.18. The molecule has 3 aromatic carbocycles. The molecule has 0 radical (unpaired) electrons. The zero-order chi connectivity index (χ0) is 24.2. The van der Waals surface area contributed by atoms with Gasteiger partial charge in [-0.2, -0.15) is 0 Å². The van der Waals surface area contributed by atoms with Crippen LogP contribution in [0.5, 0.6) is 5.75 Å². The van der Waals surface area contributed by atoms with Crippen LogP contribution in [0, 0.1) is 0 Å². The summed E-state index contributed by atoms with van der Waals surface area (Å²) in [6.07, 6.45) is 0. The van der Waals surface area contributed by atoms with Crippen molar-refractivity contribution in [2.24, 2.45) is 0 Å². The second-order valence-corrected chi connectivity index (χ2v) is 7.67. The van der Waals surface area contributed by atoms with E-state index >= 15 is 0 Å². The summed E-state index contributed by atoms with van der Waals surface area (Å²) in [6.45, 7) is 4.06. The molecule has 0 aliphatic carbocycles. The van der Waals surface area contributed by atoms with E-state index in [4.69, 9.17) is 9.47 Å². The second-order valence-electron chi connectivity index (χ2n) is 7.67. The van der Waals surface area contributed by atoms with E-state index in [-0.39, 0.29) is 18.4 Å². The number of nitrogens with one attached hydrogen (secondary N) is 2. The molecule has 3 aromatic rings. The van der Waals surface area contributed by atoms with Gasteiger partial charge in [0.2, 0.25) is 5.91 Å². The first-order valence-corrected chi connectivity index (χ1v) is 11.3. The number of ether oxygens (including phenoxy) is 2. The van der Waals surface area contributed by atoms with E-state index in [2.05, 4.69) is 10.6 Å². The highest BCUT2D eigenvalue weighted by molar-refractivity contribution is 5.98. The minimum Gasteiger partial charge on any atom is -0.489 e. The van der Waals surface area contributed by atoms with Gasteiger partial charge in [0.15, 0.2) is 0 Å². The van der Waals surface area contributed by atoms with Crippen LogP contribution >= 0.6 is 0 Å². The monoisotopic (exact) mass is 461 g/mol. The number of anilines is 2. The van der Waals surface area contributed by atoms with Gasteiger partial charge in [0.05, 0.1) is 18.8 Å². The molecule has 0 aliphatic heterocycles. The first-order valence-electron chi connectivity index (χ1n) is 11.3. The van der Waals surface area contributed by atoms with Crippen LogP contribution in [0.3, 0.4) is 0 Å². The molecule has 0 saturated heterocycles. The Balaban J connectivity index is 1.54. The molecule has 0 atom stereocenters. The predicted molar refractivity (Wildman–Crippen MR) is 134 cm³/mol. The van der Waals surface area contributed by atoms with E-state index in [1.807, 2.05) is 61.5 Å². The maximum Gasteiger partial charge on any atom is 0.253 e. The SMILES string of the molecule is CCOCCOc1ccccc1NCC(=O)Nc1cccc(C(=O)N(C)Cc2ccccc2)c1. The van der Waals surface area contributed by atoms with Crippen molar-refractivity contribution in [1.82, 2.24) is 4.90 Å². The fourth-order valence-electron chi connectivity index (χ4n) is 3.35. The summed E-state index contributed by atoms with van der Waals surface area (Å²) in [5.41, 5.74) is 2.85. The number of nitrogens with zero attached hydrogens (tertiary/aromatic N) is 1. The molecule has 0 fully saturated rings. The van der Waals surface area contributed by atoms with E-state index in [0.29, 0.717) is 43.4 Å². The molecule has 2 N–H and O–H groups in total. The van der Waals surface area contributed by atoms with E-state index in [9.17, 15) is 9.59 Å². The molecular formula is C27H31N3O4. The Bertz CT molecular complexity index is 1070. The molecule has 2 amide bonds. The molecule has 0 bridgehead atoms. The van der Waals surface area contributed by atoms with Crippen LogP contribution < -0.4 is 15.4 Å². The first kappa shape index (κ1) is 24.8. The van der Waals surface area contributed by atoms with Crippen molar-refractivity contribution in [1.29, 1.82) is 0 Å². The quantitative estimate of drug-likeness (QED) is 0.390. The van der Waals surface area contributed by atoms with Gasteiger partial charge in [-0.3, -0.25) is 9.59 Å². The van der Waals surface area contributed by atoms with E-state index in [1.165, 1.54) is 0 Å². The van der Waals surface area contributed by atoms with Gasteiger partial charge in [-0.15, -0.1) is 0 Å². The number of carbonyl (C=O) groups excluding carboxylic acids is 2. The minimum absolute atomic E-state index is 0.0535. The molecule has 0 heterocycles. The van der Waals surface area contributed by atoms with Crippen LogP contribution in [0.25, 0.3) is 0 Å². The van der Waals surface area contributed by atoms with Gasteiger partial charge < -0.3 is 25.0 Å². The highest BCUT2D eigenvalue weighted by Crippen LogP contribution is 2.23. The molecule has 0 unspecified atom stereocenters. The molecular weight excluding hydrogens is 430 g/mol. The number of amides is 2. The summed E-state index contributed by atoms with van der Waals surface area (Å²) in [5.74, 6) is 0.312. The highest BCUT2D eigenvalue weighted by Gasteiger charge is 2.13. The molecule has 7 nitrogen and oxygen atoms in total. The first-order chi connectivity index (χ1) is 16.6. The number of hydrogen-bond acceptors (Lipinski definition) is 5. The Morgan fingerprint density at radius 3 is 2.47 bits per heavy atom. The summed E-state index contributed by atoms with van der Waals surface area (Å²) in [7, 11) is 1.76. The Labute approximate surface area is 200 Å².